The van der Waals surface area contributed by atoms with Crippen LogP contribution in [-0.4, -0.2) is 0 Å². The summed E-state index contributed by atoms with van der Waals surface area (Å²) in [6, 6.07) is 25.6. The van der Waals surface area contributed by atoms with Gasteiger partial charge >= 0.3 is 0 Å². The van der Waals surface area contributed by atoms with Gasteiger partial charge in [0.05, 0.1) is 0 Å². The van der Waals surface area contributed by atoms with Crippen molar-refractivity contribution in [3.05, 3.63) is 107 Å². The molecule has 4 rings (SSSR count). The Balaban J connectivity index is 1.75. The fourth-order valence-electron chi connectivity index (χ4n) is 4.64. The molecule has 170 valence electrons. The van der Waals surface area contributed by atoms with Crippen LogP contribution in [0, 0.1) is 0 Å². The third-order valence-electron chi connectivity index (χ3n) is 7.38. The largest absolute Gasteiger partial charge is 0.0807 e. The van der Waals surface area contributed by atoms with Crippen molar-refractivity contribution in [3.63, 3.8) is 0 Å². The predicted octanol–water partition coefficient (Wildman–Crippen LogP) is 9.65. The van der Waals surface area contributed by atoms with Crippen LogP contribution in [0.25, 0.3) is 22.3 Å². The van der Waals surface area contributed by atoms with Crippen molar-refractivity contribution in [2.45, 2.75) is 71.6 Å². The van der Waals surface area contributed by atoms with Crippen molar-refractivity contribution in [1.82, 2.24) is 0 Å². The summed E-state index contributed by atoms with van der Waals surface area (Å²) >= 11 is 0. The molecule has 0 radical (unpaired) electrons. The number of aryl methyl sites for hydroxylation is 1. The second kappa shape index (κ2) is 9.96. The molecule has 33 heavy (non-hydrogen) atoms. The van der Waals surface area contributed by atoms with Crippen LogP contribution in [0.4, 0.5) is 0 Å². The fraction of sp³-hybridized carbons (Fsp3) is 0.333. The molecule has 0 heterocycles. The lowest BCUT2D eigenvalue weighted by Gasteiger charge is -2.23. The minimum Gasteiger partial charge on any atom is -0.0807 e. The average molecular weight is 435 g/mol. The highest BCUT2D eigenvalue weighted by atomic mass is 14.2. The molecule has 1 unspecified atom stereocenters. The number of hydrogen-bond donors (Lipinski definition) is 0. The van der Waals surface area contributed by atoms with Gasteiger partial charge in [-0.2, -0.15) is 0 Å². The van der Waals surface area contributed by atoms with Crippen LogP contribution in [0.3, 0.4) is 0 Å². The molecule has 0 aliphatic heterocycles. The lowest BCUT2D eigenvalue weighted by molar-refractivity contribution is 0.506. The van der Waals surface area contributed by atoms with Crippen LogP contribution >= 0.6 is 0 Å². The number of allylic oxidation sites excluding steroid dienone is 4. The summed E-state index contributed by atoms with van der Waals surface area (Å²) < 4.78 is 0. The summed E-state index contributed by atoms with van der Waals surface area (Å²) in [6.45, 7) is 11.3. The van der Waals surface area contributed by atoms with E-state index in [-0.39, 0.29) is 5.41 Å². The van der Waals surface area contributed by atoms with Crippen LogP contribution in [-0.2, 0) is 11.8 Å². The number of benzene rings is 3. The molecule has 0 amide bonds. The topological polar surface area (TPSA) is 0 Å². The first-order valence-corrected chi connectivity index (χ1v) is 12.6. The van der Waals surface area contributed by atoms with Gasteiger partial charge in [-0.3, -0.25) is 0 Å². The second-order valence-electron chi connectivity index (χ2n) is 10.3. The SMILES string of the molecule is CCCc1ccc(-c2cc(-c3ccc(C(C)(C)CC)cc3)cc(C3C=CC(C)=CC3)c2)cc1. The quantitative estimate of drug-likeness (QED) is 0.347. The standard InChI is InChI=1S/C33H38/c1-6-8-25-11-15-27(16-12-25)30-21-29(26-13-9-24(3)10-14-26)22-31(23-30)28-17-19-32(20-18-28)33(4,5)7-2/h9-13,15-23,26H,6-8,14H2,1-5H3. The summed E-state index contributed by atoms with van der Waals surface area (Å²) in [4.78, 5) is 0. The Morgan fingerprint density at radius 1 is 0.788 bits per heavy atom. The molecule has 0 nitrogen and oxygen atoms in total. The van der Waals surface area contributed by atoms with Gasteiger partial charge in [0.2, 0.25) is 0 Å². The van der Waals surface area contributed by atoms with Crippen LogP contribution in [0.15, 0.2) is 90.5 Å². The lowest BCUT2D eigenvalue weighted by Crippen LogP contribution is -2.14. The molecule has 0 aromatic heterocycles. The number of rotatable bonds is 7. The summed E-state index contributed by atoms with van der Waals surface area (Å²) in [6.07, 6.45) is 11.5. The van der Waals surface area contributed by atoms with Crippen molar-refractivity contribution < 1.29 is 0 Å². The highest BCUT2D eigenvalue weighted by molar-refractivity contribution is 5.75. The molecule has 0 N–H and O–H groups in total. The van der Waals surface area contributed by atoms with Gasteiger partial charge in [0.25, 0.3) is 0 Å². The van der Waals surface area contributed by atoms with Crippen LogP contribution in [0.1, 0.15) is 76.5 Å². The molecule has 1 atom stereocenters. The van der Waals surface area contributed by atoms with Gasteiger partial charge in [0.1, 0.15) is 0 Å². The summed E-state index contributed by atoms with van der Waals surface area (Å²) in [5.74, 6) is 0.435. The molecule has 0 spiro atoms. The Morgan fingerprint density at radius 3 is 1.91 bits per heavy atom. The van der Waals surface area contributed by atoms with E-state index in [9.17, 15) is 0 Å². The van der Waals surface area contributed by atoms with Gasteiger partial charge in [0, 0.05) is 5.92 Å². The van der Waals surface area contributed by atoms with Gasteiger partial charge in [-0.1, -0.05) is 119 Å². The molecular weight excluding hydrogens is 396 g/mol. The van der Waals surface area contributed by atoms with Crippen molar-refractivity contribution in [3.8, 4) is 22.3 Å². The van der Waals surface area contributed by atoms with Crippen LogP contribution in [0.5, 0.6) is 0 Å². The molecule has 0 saturated heterocycles. The highest BCUT2D eigenvalue weighted by Gasteiger charge is 2.18. The first kappa shape index (κ1) is 23.3. The van der Waals surface area contributed by atoms with Gasteiger partial charge in [-0.15, -0.1) is 0 Å². The van der Waals surface area contributed by atoms with Gasteiger partial charge in [-0.25, -0.2) is 0 Å². The van der Waals surface area contributed by atoms with E-state index in [1.807, 2.05) is 0 Å². The van der Waals surface area contributed by atoms with Crippen molar-refractivity contribution in [1.29, 1.82) is 0 Å². The zero-order valence-electron chi connectivity index (χ0n) is 21.0. The minimum atomic E-state index is 0.211. The monoisotopic (exact) mass is 434 g/mol. The Kier molecular flexibility index (Phi) is 7.03. The van der Waals surface area contributed by atoms with E-state index in [0.29, 0.717) is 5.92 Å². The fourth-order valence-corrected chi connectivity index (χ4v) is 4.64. The van der Waals surface area contributed by atoms with Gasteiger partial charge in [0.15, 0.2) is 0 Å². The highest BCUT2D eigenvalue weighted by Crippen LogP contribution is 2.36. The van der Waals surface area contributed by atoms with E-state index in [1.165, 1.54) is 50.9 Å². The first-order chi connectivity index (χ1) is 15.9. The molecule has 1 aliphatic rings. The normalized spacial score (nSPS) is 16.0. The molecular formula is C33H38. The van der Waals surface area contributed by atoms with E-state index < -0.39 is 0 Å². The maximum Gasteiger partial charge on any atom is 0.00563 e. The maximum atomic E-state index is 2.40. The summed E-state index contributed by atoms with van der Waals surface area (Å²) in [7, 11) is 0. The van der Waals surface area contributed by atoms with Crippen molar-refractivity contribution in [2.24, 2.45) is 0 Å². The third-order valence-corrected chi connectivity index (χ3v) is 7.38. The Bertz CT molecular complexity index is 1140. The average Bonchev–Trinajstić information content (AvgIpc) is 2.85. The van der Waals surface area contributed by atoms with E-state index in [2.05, 4.69) is 120 Å². The van der Waals surface area contributed by atoms with Crippen LogP contribution in [0.2, 0.25) is 0 Å². The van der Waals surface area contributed by atoms with Crippen molar-refractivity contribution >= 4 is 0 Å². The van der Waals surface area contributed by atoms with E-state index in [0.717, 1.165) is 19.3 Å². The molecule has 3 aromatic carbocycles. The third kappa shape index (κ3) is 5.38. The smallest absolute Gasteiger partial charge is 0.00563 e. The molecule has 3 aromatic rings. The maximum absolute atomic E-state index is 2.40. The minimum absolute atomic E-state index is 0.211. The van der Waals surface area contributed by atoms with Gasteiger partial charge in [-0.05, 0) is 76.6 Å². The summed E-state index contributed by atoms with van der Waals surface area (Å²) in [5, 5.41) is 0. The molecule has 0 heteroatoms. The van der Waals surface area contributed by atoms with Crippen LogP contribution < -0.4 is 0 Å². The Hall–Kier alpha value is -2.86. The molecule has 0 bridgehead atoms. The zero-order valence-corrected chi connectivity index (χ0v) is 21.0. The second-order valence-corrected chi connectivity index (χ2v) is 10.3. The summed E-state index contributed by atoms with van der Waals surface area (Å²) in [5.41, 5.74) is 11.0. The van der Waals surface area contributed by atoms with Gasteiger partial charge < -0.3 is 0 Å². The molecule has 1 aliphatic carbocycles. The van der Waals surface area contributed by atoms with E-state index >= 15 is 0 Å². The Morgan fingerprint density at radius 2 is 1.39 bits per heavy atom. The molecule has 0 fully saturated rings. The van der Waals surface area contributed by atoms with Crippen molar-refractivity contribution in [2.75, 3.05) is 0 Å². The Labute approximate surface area is 201 Å². The first-order valence-electron chi connectivity index (χ1n) is 12.6. The zero-order chi connectivity index (χ0) is 23.4. The number of hydrogen-bond acceptors (Lipinski definition) is 0. The van der Waals surface area contributed by atoms with E-state index in [4.69, 9.17) is 0 Å². The predicted molar refractivity (Wildman–Crippen MR) is 145 cm³/mol. The lowest BCUT2D eigenvalue weighted by atomic mass is 9.81. The molecule has 0 saturated carbocycles. The van der Waals surface area contributed by atoms with E-state index in [1.54, 1.807) is 0 Å².